The zero-order valence-electron chi connectivity index (χ0n) is 21.0. The van der Waals surface area contributed by atoms with E-state index in [2.05, 4.69) is 16.0 Å². The van der Waals surface area contributed by atoms with Crippen molar-refractivity contribution in [1.82, 2.24) is 16.0 Å². The third-order valence-corrected chi connectivity index (χ3v) is 5.80. The van der Waals surface area contributed by atoms with E-state index in [9.17, 15) is 39.0 Å². The second kappa shape index (κ2) is 15.1. The SMILES string of the molecule is CCC(C)C(NC(=O)C(Cc1ccc(O)cc1)NC(=O)C(CCC(=O)O)NC(=O)C(N)CC(=O)O)C(=O)O. The molecule has 0 saturated heterocycles. The molecular weight excluding hydrogens is 504 g/mol. The molecule has 1 aromatic rings. The van der Waals surface area contributed by atoms with Crippen LogP contribution in [0.3, 0.4) is 0 Å². The lowest BCUT2D eigenvalue weighted by Gasteiger charge is -2.26. The number of carbonyl (C=O) groups excluding carboxylic acids is 3. The summed E-state index contributed by atoms with van der Waals surface area (Å²) in [7, 11) is 0. The van der Waals surface area contributed by atoms with Crippen LogP contribution in [0.4, 0.5) is 0 Å². The van der Waals surface area contributed by atoms with Gasteiger partial charge in [0, 0.05) is 12.8 Å². The predicted octanol–water partition coefficient (Wildman–Crippen LogP) is -0.813. The second-order valence-electron chi connectivity index (χ2n) is 8.84. The molecule has 210 valence electrons. The molecule has 0 fully saturated rings. The maximum atomic E-state index is 13.1. The Kier molecular flexibility index (Phi) is 12.7. The second-order valence-corrected chi connectivity index (χ2v) is 8.84. The van der Waals surface area contributed by atoms with E-state index < -0.39 is 85.0 Å². The standard InChI is InChI=1S/C24H34N4O10/c1-3-12(2)20(24(37)38)28-23(36)17(10-13-4-6-14(29)7-5-13)27-22(35)16(8-9-18(30)31)26-21(34)15(25)11-19(32)33/h4-7,12,15-17,20,29H,3,8-11,25H2,1-2H3,(H,26,34)(H,27,35)(H,28,36)(H,30,31)(H,32,33)(H,37,38). The summed E-state index contributed by atoms with van der Waals surface area (Å²) in [4.78, 5) is 72.2. The number of benzene rings is 1. The molecule has 0 bridgehead atoms. The average molecular weight is 539 g/mol. The molecule has 0 heterocycles. The number of carboxylic acids is 3. The highest BCUT2D eigenvalue weighted by atomic mass is 16.4. The number of amides is 3. The van der Waals surface area contributed by atoms with E-state index >= 15 is 0 Å². The van der Waals surface area contributed by atoms with Crippen LogP contribution in [0.1, 0.15) is 45.1 Å². The van der Waals surface area contributed by atoms with Crippen LogP contribution < -0.4 is 21.7 Å². The Labute approximate surface area is 218 Å². The van der Waals surface area contributed by atoms with Crippen molar-refractivity contribution in [2.75, 3.05) is 0 Å². The number of phenolic OH excluding ortho intramolecular Hbond substituents is 1. The Hall–Kier alpha value is -4.20. The number of nitrogens with two attached hydrogens (primary N) is 1. The van der Waals surface area contributed by atoms with Gasteiger partial charge in [-0.05, 0) is 30.0 Å². The number of carbonyl (C=O) groups is 6. The Morgan fingerprint density at radius 1 is 0.842 bits per heavy atom. The molecule has 38 heavy (non-hydrogen) atoms. The van der Waals surface area contributed by atoms with E-state index in [1.165, 1.54) is 24.3 Å². The highest BCUT2D eigenvalue weighted by Gasteiger charge is 2.32. The quantitative estimate of drug-likeness (QED) is 0.129. The molecule has 5 atom stereocenters. The molecule has 0 aliphatic carbocycles. The van der Waals surface area contributed by atoms with Crippen LogP contribution in [0, 0.1) is 5.92 Å². The van der Waals surface area contributed by atoms with Crippen LogP contribution >= 0.6 is 0 Å². The van der Waals surface area contributed by atoms with E-state index in [4.69, 9.17) is 15.9 Å². The lowest BCUT2D eigenvalue weighted by atomic mass is 9.98. The molecule has 0 aromatic heterocycles. The molecule has 0 spiro atoms. The summed E-state index contributed by atoms with van der Waals surface area (Å²) in [5, 5.41) is 44.0. The molecule has 1 aromatic carbocycles. The van der Waals surface area contributed by atoms with Crippen LogP contribution in [-0.2, 0) is 35.2 Å². The van der Waals surface area contributed by atoms with E-state index in [1.807, 2.05) is 0 Å². The number of aromatic hydroxyl groups is 1. The first-order chi connectivity index (χ1) is 17.7. The third kappa shape index (κ3) is 10.8. The van der Waals surface area contributed by atoms with Crippen LogP contribution in [-0.4, -0.2) is 80.2 Å². The van der Waals surface area contributed by atoms with Gasteiger partial charge in [0.2, 0.25) is 17.7 Å². The van der Waals surface area contributed by atoms with Crippen molar-refractivity contribution >= 4 is 35.6 Å². The van der Waals surface area contributed by atoms with Gasteiger partial charge in [-0.15, -0.1) is 0 Å². The number of carboxylic acid groups (broad SMARTS) is 3. The minimum atomic E-state index is -1.52. The highest BCUT2D eigenvalue weighted by Crippen LogP contribution is 2.13. The van der Waals surface area contributed by atoms with Gasteiger partial charge in [-0.3, -0.25) is 24.0 Å². The monoisotopic (exact) mass is 538 g/mol. The van der Waals surface area contributed by atoms with Crippen LogP contribution in [0.2, 0.25) is 0 Å². The minimum absolute atomic E-state index is 0.0457. The molecule has 0 radical (unpaired) electrons. The lowest BCUT2D eigenvalue weighted by molar-refractivity contribution is -0.143. The Bertz CT molecular complexity index is 1010. The van der Waals surface area contributed by atoms with E-state index in [0.717, 1.165) is 0 Å². The zero-order chi connectivity index (χ0) is 29.0. The summed E-state index contributed by atoms with van der Waals surface area (Å²) in [5.41, 5.74) is 6.02. The molecule has 14 nitrogen and oxygen atoms in total. The van der Waals surface area contributed by atoms with Crippen LogP contribution in [0.25, 0.3) is 0 Å². The summed E-state index contributed by atoms with van der Waals surface area (Å²) in [6.45, 7) is 3.37. The van der Waals surface area contributed by atoms with Crippen molar-refractivity contribution in [3.63, 3.8) is 0 Å². The molecule has 5 unspecified atom stereocenters. The van der Waals surface area contributed by atoms with Crippen LogP contribution in [0.5, 0.6) is 5.75 Å². The summed E-state index contributed by atoms with van der Waals surface area (Å²) in [6.07, 6.45) is -1.38. The number of nitrogens with one attached hydrogen (secondary N) is 3. The van der Waals surface area contributed by atoms with Crippen LogP contribution in [0.15, 0.2) is 24.3 Å². The van der Waals surface area contributed by atoms with Crippen molar-refractivity contribution in [2.24, 2.45) is 11.7 Å². The Morgan fingerprint density at radius 2 is 1.39 bits per heavy atom. The maximum Gasteiger partial charge on any atom is 0.326 e. The zero-order valence-corrected chi connectivity index (χ0v) is 21.0. The Morgan fingerprint density at radius 3 is 1.89 bits per heavy atom. The molecule has 0 saturated carbocycles. The number of aliphatic carboxylic acids is 3. The molecule has 3 amide bonds. The summed E-state index contributed by atoms with van der Waals surface area (Å²) < 4.78 is 0. The molecule has 9 N–H and O–H groups in total. The van der Waals surface area contributed by atoms with Gasteiger partial charge in [0.25, 0.3) is 0 Å². The Balaban J connectivity index is 3.21. The van der Waals surface area contributed by atoms with Gasteiger partial charge in [-0.1, -0.05) is 32.4 Å². The first-order valence-corrected chi connectivity index (χ1v) is 11.9. The predicted molar refractivity (Wildman–Crippen MR) is 132 cm³/mol. The minimum Gasteiger partial charge on any atom is -0.508 e. The van der Waals surface area contributed by atoms with Crippen molar-refractivity contribution in [3.05, 3.63) is 29.8 Å². The lowest BCUT2D eigenvalue weighted by Crippen LogP contribution is -2.58. The van der Waals surface area contributed by atoms with Gasteiger partial charge in [0.1, 0.15) is 23.9 Å². The van der Waals surface area contributed by atoms with Gasteiger partial charge in [-0.25, -0.2) is 4.79 Å². The fraction of sp³-hybridized carbons (Fsp3) is 0.500. The maximum absolute atomic E-state index is 13.1. The fourth-order valence-electron chi connectivity index (χ4n) is 3.38. The van der Waals surface area contributed by atoms with Gasteiger partial charge < -0.3 is 42.1 Å². The van der Waals surface area contributed by atoms with E-state index in [1.54, 1.807) is 13.8 Å². The fourth-order valence-corrected chi connectivity index (χ4v) is 3.38. The first kappa shape index (κ1) is 31.8. The number of hydrogen-bond acceptors (Lipinski definition) is 8. The highest BCUT2D eigenvalue weighted by molar-refractivity contribution is 5.95. The topological polar surface area (TPSA) is 245 Å². The number of hydrogen-bond donors (Lipinski definition) is 8. The van der Waals surface area contributed by atoms with Crippen molar-refractivity contribution in [1.29, 1.82) is 0 Å². The summed E-state index contributed by atoms with van der Waals surface area (Å²) in [5.74, 6) is -7.22. The average Bonchev–Trinajstić information content (AvgIpc) is 2.84. The van der Waals surface area contributed by atoms with Crippen molar-refractivity contribution in [3.8, 4) is 5.75 Å². The molecule has 1 rings (SSSR count). The molecule has 0 aliphatic rings. The van der Waals surface area contributed by atoms with Crippen molar-refractivity contribution in [2.45, 2.75) is 70.1 Å². The molecule has 0 aliphatic heterocycles. The van der Waals surface area contributed by atoms with E-state index in [-0.39, 0.29) is 12.2 Å². The summed E-state index contributed by atoms with van der Waals surface area (Å²) in [6, 6.07) is 0.0577. The number of rotatable bonds is 16. The van der Waals surface area contributed by atoms with Gasteiger partial charge >= 0.3 is 17.9 Å². The molecular formula is C24H34N4O10. The van der Waals surface area contributed by atoms with Gasteiger partial charge in [0.15, 0.2) is 0 Å². The van der Waals surface area contributed by atoms with E-state index in [0.29, 0.717) is 12.0 Å². The largest absolute Gasteiger partial charge is 0.508 e. The first-order valence-electron chi connectivity index (χ1n) is 11.9. The normalized spacial score (nSPS) is 14.7. The van der Waals surface area contributed by atoms with Gasteiger partial charge in [0.05, 0.1) is 12.5 Å². The summed E-state index contributed by atoms with van der Waals surface area (Å²) >= 11 is 0. The smallest absolute Gasteiger partial charge is 0.326 e. The number of phenols is 1. The van der Waals surface area contributed by atoms with Gasteiger partial charge in [-0.2, -0.15) is 0 Å². The molecule has 14 heteroatoms. The van der Waals surface area contributed by atoms with Crippen molar-refractivity contribution < 1.29 is 49.2 Å². The third-order valence-electron chi connectivity index (χ3n) is 5.80.